The van der Waals surface area contributed by atoms with Crippen molar-refractivity contribution in [3.63, 3.8) is 0 Å². The highest BCUT2D eigenvalue weighted by molar-refractivity contribution is 5.46. The number of anilines is 1. The lowest BCUT2D eigenvalue weighted by Gasteiger charge is -2.20. The summed E-state index contributed by atoms with van der Waals surface area (Å²) >= 11 is 0. The Kier molecular flexibility index (Phi) is 4.66. The fourth-order valence-corrected chi connectivity index (χ4v) is 2.40. The van der Waals surface area contributed by atoms with Crippen LogP contribution < -0.4 is 5.32 Å². The van der Waals surface area contributed by atoms with Crippen LogP contribution in [0.5, 0.6) is 0 Å². The van der Waals surface area contributed by atoms with Crippen molar-refractivity contribution in [3.8, 4) is 0 Å². The van der Waals surface area contributed by atoms with Crippen molar-refractivity contribution >= 4 is 5.69 Å². The molecule has 0 amide bonds. The van der Waals surface area contributed by atoms with E-state index in [4.69, 9.17) is 0 Å². The first-order valence-electron chi connectivity index (χ1n) is 7.47. The van der Waals surface area contributed by atoms with E-state index in [1.54, 1.807) is 6.07 Å². The zero-order chi connectivity index (χ0) is 15.5. The van der Waals surface area contributed by atoms with Gasteiger partial charge < -0.3 is 5.32 Å². The van der Waals surface area contributed by atoms with Gasteiger partial charge in [-0.25, -0.2) is 4.39 Å². The van der Waals surface area contributed by atoms with Crippen molar-refractivity contribution in [1.29, 1.82) is 0 Å². The van der Waals surface area contributed by atoms with Gasteiger partial charge in [0.2, 0.25) is 0 Å². The molecule has 0 aliphatic carbocycles. The average Bonchev–Trinajstić information content (AvgIpc) is 2.41. The summed E-state index contributed by atoms with van der Waals surface area (Å²) in [7, 11) is 0. The number of benzene rings is 2. The molecule has 0 saturated heterocycles. The quantitative estimate of drug-likeness (QED) is 0.817. The fourth-order valence-electron chi connectivity index (χ4n) is 2.40. The van der Waals surface area contributed by atoms with Crippen molar-refractivity contribution in [1.82, 2.24) is 0 Å². The van der Waals surface area contributed by atoms with Crippen molar-refractivity contribution < 1.29 is 4.39 Å². The van der Waals surface area contributed by atoms with Crippen LogP contribution in [0.15, 0.2) is 48.5 Å². The van der Waals surface area contributed by atoms with Crippen LogP contribution in [-0.2, 0) is 11.8 Å². The molecule has 0 radical (unpaired) electrons. The second-order valence-corrected chi connectivity index (χ2v) is 6.67. The molecule has 0 aliphatic rings. The Morgan fingerprint density at radius 3 is 2.19 bits per heavy atom. The summed E-state index contributed by atoms with van der Waals surface area (Å²) in [5, 5.41) is 3.43. The Balaban J connectivity index is 2.00. The molecule has 0 aromatic heterocycles. The van der Waals surface area contributed by atoms with Gasteiger partial charge in [-0.1, -0.05) is 51.1 Å². The van der Waals surface area contributed by atoms with Gasteiger partial charge in [-0.15, -0.1) is 0 Å². The van der Waals surface area contributed by atoms with Gasteiger partial charge in [-0.05, 0) is 48.1 Å². The van der Waals surface area contributed by atoms with Gasteiger partial charge in [0.05, 0.1) is 0 Å². The molecule has 1 nitrogen and oxygen atoms in total. The third kappa shape index (κ3) is 4.32. The summed E-state index contributed by atoms with van der Waals surface area (Å²) in [4.78, 5) is 0. The molecule has 1 atom stereocenters. The van der Waals surface area contributed by atoms with Gasteiger partial charge in [0.15, 0.2) is 0 Å². The predicted molar refractivity (Wildman–Crippen MR) is 88.3 cm³/mol. The maximum Gasteiger partial charge on any atom is 0.126 e. The zero-order valence-corrected chi connectivity index (χ0v) is 13.3. The molecular formula is C19H24FN. The average molecular weight is 285 g/mol. The Bertz CT molecular complexity index is 581. The summed E-state index contributed by atoms with van der Waals surface area (Å²) in [6.07, 6.45) is 0.674. The molecule has 2 rings (SSSR count). The van der Waals surface area contributed by atoms with Crippen LogP contribution in [0, 0.1) is 5.82 Å². The summed E-state index contributed by atoms with van der Waals surface area (Å²) in [5.41, 5.74) is 3.31. The molecule has 2 aromatic rings. The number of rotatable bonds is 4. The van der Waals surface area contributed by atoms with Crippen LogP contribution in [-0.4, -0.2) is 6.04 Å². The highest BCUT2D eigenvalue weighted by atomic mass is 19.1. The lowest BCUT2D eigenvalue weighted by Crippen LogP contribution is -2.19. The molecule has 0 aliphatic heterocycles. The predicted octanol–water partition coefficient (Wildman–Crippen LogP) is 5.17. The van der Waals surface area contributed by atoms with Crippen molar-refractivity contribution in [2.45, 2.75) is 45.6 Å². The summed E-state index contributed by atoms with van der Waals surface area (Å²) in [6, 6.07) is 15.6. The minimum Gasteiger partial charge on any atom is -0.382 e. The van der Waals surface area contributed by atoms with Crippen LogP contribution in [0.3, 0.4) is 0 Å². The largest absolute Gasteiger partial charge is 0.382 e. The monoisotopic (exact) mass is 285 g/mol. The van der Waals surface area contributed by atoms with E-state index in [-0.39, 0.29) is 17.3 Å². The van der Waals surface area contributed by atoms with Gasteiger partial charge >= 0.3 is 0 Å². The molecule has 1 N–H and O–H groups in total. The second-order valence-electron chi connectivity index (χ2n) is 6.67. The molecule has 0 saturated carbocycles. The van der Waals surface area contributed by atoms with Gasteiger partial charge in [0.1, 0.15) is 5.82 Å². The van der Waals surface area contributed by atoms with Crippen LogP contribution in [0.2, 0.25) is 0 Å². The fraction of sp³-hybridized carbons (Fsp3) is 0.368. The van der Waals surface area contributed by atoms with E-state index in [0.29, 0.717) is 6.42 Å². The van der Waals surface area contributed by atoms with Crippen molar-refractivity contribution in [2.24, 2.45) is 0 Å². The van der Waals surface area contributed by atoms with E-state index < -0.39 is 0 Å². The summed E-state index contributed by atoms with van der Waals surface area (Å²) in [6.45, 7) is 8.69. The lowest BCUT2D eigenvalue weighted by molar-refractivity contribution is 0.590. The molecule has 0 bridgehead atoms. The Labute approximate surface area is 127 Å². The lowest BCUT2D eigenvalue weighted by atomic mass is 9.87. The van der Waals surface area contributed by atoms with Gasteiger partial charge in [0.25, 0.3) is 0 Å². The molecule has 0 spiro atoms. The van der Waals surface area contributed by atoms with E-state index in [9.17, 15) is 4.39 Å². The number of halogens is 1. The molecule has 0 fully saturated rings. The van der Waals surface area contributed by atoms with E-state index in [2.05, 4.69) is 57.3 Å². The standard InChI is InChI=1S/C19H24FN/c1-14(13-15-7-5-6-8-18(15)20)21-17-11-9-16(10-12-17)19(2,3)4/h5-12,14,21H,13H2,1-4H3. The topological polar surface area (TPSA) is 12.0 Å². The zero-order valence-electron chi connectivity index (χ0n) is 13.3. The number of hydrogen-bond donors (Lipinski definition) is 1. The molecular weight excluding hydrogens is 261 g/mol. The van der Waals surface area contributed by atoms with E-state index >= 15 is 0 Å². The molecule has 0 heterocycles. The van der Waals surface area contributed by atoms with E-state index in [1.807, 2.05) is 12.1 Å². The van der Waals surface area contributed by atoms with E-state index in [0.717, 1.165) is 11.3 Å². The van der Waals surface area contributed by atoms with Gasteiger partial charge in [-0.2, -0.15) is 0 Å². The van der Waals surface area contributed by atoms with Crippen molar-refractivity contribution in [3.05, 3.63) is 65.5 Å². The summed E-state index contributed by atoms with van der Waals surface area (Å²) in [5.74, 6) is -0.130. The minimum atomic E-state index is -0.130. The molecule has 2 aromatic carbocycles. The van der Waals surface area contributed by atoms with Crippen LogP contribution in [0.4, 0.5) is 10.1 Å². The number of hydrogen-bond acceptors (Lipinski definition) is 1. The van der Waals surface area contributed by atoms with E-state index in [1.165, 1.54) is 11.6 Å². The van der Waals surface area contributed by atoms with Gasteiger partial charge in [0, 0.05) is 11.7 Å². The van der Waals surface area contributed by atoms with Crippen molar-refractivity contribution in [2.75, 3.05) is 5.32 Å². The number of nitrogens with one attached hydrogen (secondary N) is 1. The van der Waals surface area contributed by atoms with Crippen LogP contribution >= 0.6 is 0 Å². The first-order valence-corrected chi connectivity index (χ1v) is 7.47. The second kappa shape index (κ2) is 6.30. The normalized spacial score (nSPS) is 13.0. The highest BCUT2D eigenvalue weighted by Crippen LogP contribution is 2.24. The third-order valence-electron chi connectivity index (χ3n) is 3.65. The van der Waals surface area contributed by atoms with Gasteiger partial charge in [-0.3, -0.25) is 0 Å². The first kappa shape index (κ1) is 15.6. The molecule has 112 valence electrons. The maximum absolute atomic E-state index is 13.6. The molecule has 21 heavy (non-hydrogen) atoms. The highest BCUT2D eigenvalue weighted by Gasteiger charge is 2.13. The first-order chi connectivity index (χ1) is 9.86. The smallest absolute Gasteiger partial charge is 0.126 e. The van der Waals surface area contributed by atoms with Crippen LogP contribution in [0.1, 0.15) is 38.8 Å². The maximum atomic E-state index is 13.6. The summed E-state index contributed by atoms with van der Waals surface area (Å²) < 4.78 is 13.6. The molecule has 2 heteroatoms. The SMILES string of the molecule is CC(Cc1ccccc1F)Nc1ccc(C(C)(C)C)cc1. The Hall–Kier alpha value is -1.83. The Morgan fingerprint density at radius 1 is 1.00 bits per heavy atom. The molecule has 1 unspecified atom stereocenters. The minimum absolute atomic E-state index is 0.130. The Morgan fingerprint density at radius 2 is 1.62 bits per heavy atom. The van der Waals surface area contributed by atoms with Crippen LogP contribution in [0.25, 0.3) is 0 Å². The third-order valence-corrected chi connectivity index (χ3v) is 3.65.